The molecule has 6 nitrogen and oxygen atoms in total. The molecule has 2 N–H and O–H groups in total. The van der Waals surface area contributed by atoms with E-state index >= 15 is 0 Å². The fourth-order valence-electron chi connectivity index (χ4n) is 1.19. The van der Waals surface area contributed by atoms with Crippen LogP contribution in [0.3, 0.4) is 0 Å². The van der Waals surface area contributed by atoms with Crippen LogP contribution < -0.4 is 0 Å². The summed E-state index contributed by atoms with van der Waals surface area (Å²) in [4.78, 5) is 0. The fourth-order valence-corrected chi connectivity index (χ4v) is 1.75. The van der Waals surface area contributed by atoms with Gasteiger partial charge in [0.1, 0.15) is 5.69 Å². The minimum absolute atomic E-state index is 0.109. The number of hydrogen-bond acceptors (Lipinski definition) is 4. The number of rotatable bonds is 2. The summed E-state index contributed by atoms with van der Waals surface area (Å²) in [7, 11) is -4.34. The quantitative estimate of drug-likeness (QED) is 0.734. The first-order valence-corrected chi connectivity index (χ1v) is 5.47. The van der Waals surface area contributed by atoms with E-state index in [4.69, 9.17) is 4.55 Å². The molecule has 78 valence electrons. The van der Waals surface area contributed by atoms with Crippen molar-refractivity contribution in [2.75, 3.05) is 0 Å². The SMILES string of the molecule is O=S(=O)(O)c1n[nH]nc1-c1ccccc1. The summed E-state index contributed by atoms with van der Waals surface area (Å²) in [6.45, 7) is 0. The summed E-state index contributed by atoms with van der Waals surface area (Å²) in [6.07, 6.45) is 0. The van der Waals surface area contributed by atoms with E-state index in [9.17, 15) is 8.42 Å². The van der Waals surface area contributed by atoms with E-state index in [1.54, 1.807) is 30.3 Å². The molecular formula is C8H7N3O3S. The molecule has 1 aromatic carbocycles. The van der Waals surface area contributed by atoms with Gasteiger partial charge in [-0.05, 0) is 0 Å². The topological polar surface area (TPSA) is 95.9 Å². The van der Waals surface area contributed by atoms with Gasteiger partial charge in [-0.1, -0.05) is 30.3 Å². The van der Waals surface area contributed by atoms with Crippen molar-refractivity contribution in [1.29, 1.82) is 0 Å². The lowest BCUT2D eigenvalue weighted by Gasteiger charge is -1.96. The number of aromatic amines is 1. The second-order valence-corrected chi connectivity index (χ2v) is 4.16. The minimum Gasteiger partial charge on any atom is -0.281 e. The van der Waals surface area contributed by atoms with Crippen LogP contribution in [0.2, 0.25) is 0 Å². The molecule has 0 aliphatic heterocycles. The zero-order valence-electron chi connectivity index (χ0n) is 7.45. The van der Waals surface area contributed by atoms with E-state index in [1.165, 1.54) is 0 Å². The molecule has 0 saturated carbocycles. The summed E-state index contributed by atoms with van der Waals surface area (Å²) >= 11 is 0. The van der Waals surface area contributed by atoms with Gasteiger partial charge in [-0.2, -0.15) is 18.7 Å². The van der Waals surface area contributed by atoms with Crippen LogP contribution in [0, 0.1) is 0 Å². The Hall–Kier alpha value is -1.73. The zero-order chi connectivity index (χ0) is 10.9. The lowest BCUT2D eigenvalue weighted by atomic mass is 10.2. The van der Waals surface area contributed by atoms with Gasteiger partial charge >= 0.3 is 10.1 Å². The van der Waals surface area contributed by atoms with Crippen molar-refractivity contribution in [2.45, 2.75) is 5.03 Å². The van der Waals surface area contributed by atoms with Crippen molar-refractivity contribution in [3.8, 4) is 11.3 Å². The van der Waals surface area contributed by atoms with Crippen LogP contribution in [-0.2, 0) is 10.1 Å². The van der Waals surface area contributed by atoms with Crippen molar-refractivity contribution in [1.82, 2.24) is 15.4 Å². The van der Waals surface area contributed by atoms with E-state index in [0.717, 1.165) is 0 Å². The van der Waals surface area contributed by atoms with Crippen LogP contribution >= 0.6 is 0 Å². The largest absolute Gasteiger partial charge is 0.316 e. The second-order valence-electron chi connectivity index (χ2n) is 2.82. The van der Waals surface area contributed by atoms with Crippen LogP contribution in [0.5, 0.6) is 0 Å². The van der Waals surface area contributed by atoms with Crippen molar-refractivity contribution in [3.05, 3.63) is 30.3 Å². The predicted octanol–water partition coefficient (Wildman–Crippen LogP) is 0.718. The Kier molecular flexibility index (Phi) is 2.25. The lowest BCUT2D eigenvalue weighted by molar-refractivity contribution is 0.479. The van der Waals surface area contributed by atoms with Crippen molar-refractivity contribution in [2.24, 2.45) is 0 Å². The molecule has 0 atom stereocenters. The van der Waals surface area contributed by atoms with Gasteiger partial charge in [-0.25, -0.2) is 0 Å². The summed E-state index contributed by atoms with van der Waals surface area (Å²) in [5.74, 6) is 0. The first kappa shape index (κ1) is 9.81. The summed E-state index contributed by atoms with van der Waals surface area (Å²) in [6, 6.07) is 8.60. The highest BCUT2D eigenvalue weighted by Gasteiger charge is 2.21. The molecule has 1 heterocycles. The van der Waals surface area contributed by atoms with Gasteiger partial charge in [0, 0.05) is 5.56 Å². The van der Waals surface area contributed by atoms with Crippen molar-refractivity contribution < 1.29 is 13.0 Å². The summed E-state index contributed by atoms with van der Waals surface area (Å²) < 4.78 is 30.7. The summed E-state index contributed by atoms with van der Waals surface area (Å²) in [5, 5.41) is 8.77. The summed E-state index contributed by atoms with van der Waals surface area (Å²) in [5.41, 5.74) is 0.678. The predicted molar refractivity (Wildman–Crippen MR) is 51.6 cm³/mol. The van der Waals surface area contributed by atoms with Crippen molar-refractivity contribution >= 4 is 10.1 Å². The third kappa shape index (κ3) is 1.88. The normalized spacial score (nSPS) is 11.5. The van der Waals surface area contributed by atoms with Crippen LogP contribution in [0.25, 0.3) is 11.3 Å². The highest BCUT2D eigenvalue weighted by Crippen LogP contribution is 2.21. The molecule has 0 unspecified atom stereocenters. The molecule has 0 radical (unpaired) electrons. The van der Waals surface area contributed by atoms with Gasteiger partial charge in [0.15, 0.2) is 0 Å². The van der Waals surface area contributed by atoms with Crippen LogP contribution in [0.15, 0.2) is 35.4 Å². The van der Waals surface area contributed by atoms with Gasteiger partial charge in [0.05, 0.1) is 0 Å². The molecule has 0 saturated heterocycles. The van der Waals surface area contributed by atoms with E-state index in [2.05, 4.69) is 15.4 Å². The maximum absolute atomic E-state index is 10.9. The Morgan fingerprint density at radius 2 is 1.80 bits per heavy atom. The number of nitrogens with zero attached hydrogens (tertiary/aromatic N) is 2. The van der Waals surface area contributed by atoms with Crippen molar-refractivity contribution in [3.63, 3.8) is 0 Å². The van der Waals surface area contributed by atoms with E-state index in [1.807, 2.05) is 0 Å². The zero-order valence-corrected chi connectivity index (χ0v) is 8.27. The monoisotopic (exact) mass is 225 g/mol. The molecular weight excluding hydrogens is 218 g/mol. The van der Waals surface area contributed by atoms with Crippen LogP contribution in [-0.4, -0.2) is 28.4 Å². The van der Waals surface area contributed by atoms with Gasteiger partial charge in [-0.3, -0.25) is 4.55 Å². The fraction of sp³-hybridized carbons (Fsp3) is 0. The van der Waals surface area contributed by atoms with E-state index < -0.39 is 15.1 Å². The van der Waals surface area contributed by atoms with Gasteiger partial charge < -0.3 is 0 Å². The van der Waals surface area contributed by atoms with Crippen LogP contribution in [0.4, 0.5) is 0 Å². The number of hydrogen-bond donors (Lipinski definition) is 2. The molecule has 1 aromatic heterocycles. The Morgan fingerprint density at radius 1 is 1.13 bits per heavy atom. The standard InChI is InChI=1S/C8H7N3O3S/c12-15(13,14)8-7(9-11-10-8)6-4-2-1-3-5-6/h1-5H,(H,9,10,11)(H,12,13,14). The average Bonchev–Trinajstić information content (AvgIpc) is 2.67. The highest BCUT2D eigenvalue weighted by molar-refractivity contribution is 7.85. The molecule has 0 spiro atoms. The maximum atomic E-state index is 10.9. The first-order valence-electron chi connectivity index (χ1n) is 4.03. The molecule has 2 rings (SSSR count). The molecule has 2 aromatic rings. The third-order valence-corrected chi connectivity index (χ3v) is 2.58. The molecule has 0 aliphatic carbocycles. The number of benzene rings is 1. The number of aromatic nitrogens is 3. The van der Waals surface area contributed by atoms with Gasteiger partial charge in [0.25, 0.3) is 0 Å². The Balaban J connectivity index is 2.61. The molecule has 15 heavy (non-hydrogen) atoms. The third-order valence-electron chi connectivity index (χ3n) is 1.81. The van der Waals surface area contributed by atoms with Crippen LogP contribution in [0.1, 0.15) is 0 Å². The maximum Gasteiger partial charge on any atom is 0.316 e. The Morgan fingerprint density at radius 3 is 2.40 bits per heavy atom. The molecule has 0 fully saturated rings. The molecule has 0 bridgehead atoms. The molecule has 0 amide bonds. The van der Waals surface area contributed by atoms with E-state index in [0.29, 0.717) is 5.56 Å². The first-order chi connectivity index (χ1) is 7.09. The smallest absolute Gasteiger partial charge is 0.281 e. The Labute approximate surface area is 85.7 Å². The van der Waals surface area contributed by atoms with Gasteiger partial charge in [-0.15, -0.1) is 5.10 Å². The molecule has 7 heteroatoms. The van der Waals surface area contributed by atoms with E-state index in [-0.39, 0.29) is 5.69 Å². The Bertz CT molecular complexity index is 562. The number of nitrogens with one attached hydrogen (secondary N) is 1. The number of H-pyrrole nitrogens is 1. The second kappa shape index (κ2) is 3.44. The highest BCUT2D eigenvalue weighted by atomic mass is 32.2. The van der Waals surface area contributed by atoms with Gasteiger partial charge in [0.2, 0.25) is 5.03 Å². The average molecular weight is 225 g/mol. The molecule has 0 aliphatic rings. The lowest BCUT2D eigenvalue weighted by Crippen LogP contribution is -2.00. The minimum atomic E-state index is -4.34.